The van der Waals surface area contributed by atoms with E-state index in [2.05, 4.69) is 37.5 Å². The molecular formula is C13H9IN4O. The highest BCUT2D eigenvalue weighted by Gasteiger charge is 2.08. The van der Waals surface area contributed by atoms with Crippen molar-refractivity contribution in [3.8, 4) is 11.8 Å². The summed E-state index contributed by atoms with van der Waals surface area (Å²) in [6, 6.07) is 7.58. The second-order valence-corrected chi connectivity index (χ2v) is 5.08. The zero-order chi connectivity index (χ0) is 13.2. The zero-order valence-corrected chi connectivity index (χ0v) is 11.9. The number of fused-ring (bicyclic) bond motifs is 1. The Balaban J connectivity index is 2.06. The highest BCUT2D eigenvalue weighted by Crippen LogP contribution is 2.30. The van der Waals surface area contributed by atoms with Gasteiger partial charge in [0.1, 0.15) is 5.52 Å². The summed E-state index contributed by atoms with van der Waals surface area (Å²) in [4.78, 5) is 12.5. The van der Waals surface area contributed by atoms with Gasteiger partial charge in [0.25, 0.3) is 0 Å². The molecule has 2 N–H and O–H groups in total. The SMILES string of the molecule is Nc1ccc(Oc2ncc(I)cn2)c2ncccc12. The van der Waals surface area contributed by atoms with E-state index < -0.39 is 0 Å². The topological polar surface area (TPSA) is 73.9 Å². The fourth-order valence-corrected chi connectivity index (χ4v) is 1.98. The monoisotopic (exact) mass is 364 g/mol. The van der Waals surface area contributed by atoms with Crippen molar-refractivity contribution in [2.45, 2.75) is 0 Å². The van der Waals surface area contributed by atoms with Crippen molar-refractivity contribution >= 4 is 39.2 Å². The van der Waals surface area contributed by atoms with E-state index in [4.69, 9.17) is 10.5 Å². The summed E-state index contributed by atoms with van der Waals surface area (Å²) in [5, 5.41) is 0.852. The Kier molecular flexibility index (Phi) is 3.16. The first-order chi connectivity index (χ1) is 9.24. The molecule has 0 saturated carbocycles. The summed E-state index contributed by atoms with van der Waals surface area (Å²) in [6.07, 6.45) is 5.08. The Bertz CT molecular complexity index is 730. The number of ether oxygens (including phenoxy) is 1. The molecule has 2 heterocycles. The van der Waals surface area contributed by atoms with Gasteiger partial charge < -0.3 is 10.5 Å². The summed E-state index contributed by atoms with van der Waals surface area (Å²) in [5.41, 5.74) is 7.28. The lowest BCUT2D eigenvalue weighted by molar-refractivity contribution is 0.445. The molecule has 0 bridgehead atoms. The molecular weight excluding hydrogens is 355 g/mol. The lowest BCUT2D eigenvalue weighted by Crippen LogP contribution is -1.95. The van der Waals surface area contributed by atoms with Crippen molar-refractivity contribution in [3.63, 3.8) is 0 Å². The van der Waals surface area contributed by atoms with E-state index in [0.29, 0.717) is 17.0 Å². The van der Waals surface area contributed by atoms with Gasteiger partial charge in [-0.05, 0) is 46.9 Å². The molecule has 6 heteroatoms. The number of nitrogens with zero attached hydrogens (tertiary/aromatic N) is 3. The number of anilines is 1. The van der Waals surface area contributed by atoms with Crippen LogP contribution in [0.3, 0.4) is 0 Å². The average molecular weight is 364 g/mol. The third-order valence-electron chi connectivity index (χ3n) is 2.56. The normalized spacial score (nSPS) is 10.6. The Morgan fingerprint density at radius 3 is 2.63 bits per heavy atom. The average Bonchev–Trinajstić information content (AvgIpc) is 2.45. The van der Waals surface area contributed by atoms with Crippen LogP contribution in [0.1, 0.15) is 0 Å². The number of nitrogen functional groups attached to an aromatic ring is 1. The number of pyridine rings is 1. The fourth-order valence-electron chi connectivity index (χ4n) is 1.70. The minimum atomic E-state index is 0.289. The summed E-state index contributed by atoms with van der Waals surface area (Å²) < 4.78 is 6.61. The predicted octanol–water partition coefficient (Wildman–Crippen LogP) is 3.00. The molecule has 1 aromatic carbocycles. The number of hydrogen-bond donors (Lipinski definition) is 1. The number of rotatable bonds is 2. The summed E-state index contributed by atoms with van der Waals surface area (Å²) >= 11 is 2.14. The lowest BCUT2D eigenvalue weighted by atomic mass is 10.2. The Morgan fingerprint density at radius 1 is 1.05 bits per heavy atom. The molecule has 19 heavy (non-hydrogen) atoms. The second kappa shape index (κ2) is 4.96. The van der Waals surface area contributed by atoms with Crippen LogP contribution < -0.4 is 10.5 Å². The molecule has 0 fully saturated rings. The molecule has 0 aliphatic heterocycles. The van der Waals surface area contributed by atoms with E-state index >= 15 is 0 Å². The quantitative estimate of drug-likeness (QED) is 0.559. The van der Waals surface area contributed by atoms with Crippen LogP contribution in [0.5, 0.6) is 11.8 Å². The molecule has 0 aliphatic carbocycles. The first kappa shape index (κ1) is 12.1. The molecule has 0 radical (unpaired) electrons. The number of benzene rings is 1. The maximum Gasteiger partial charge on any atom is 0.322 e. The Labute approximate surface area is 123 Å². The van der Waals surface area contributed by atoms with Gasteiger partial charge in [-0.1, -0.05) is 0 Å². The molecule has 0 atom stereocenters. The van der Waals surface area contributed by atoms with Crippen molar-refractivity contribution in [2.75, 3.05) is 5.73 Å². The second-order valence-electron chi connectivity index (χ2n) is 3.84. The van der Waals surface area contributed by atoms with Crippen molar-refractivity contribution in [2.24, 2.45) is 0 Å². The van der Waals surface area contributed by atoms with Crippen molar-refractivity contribution in [1.29, 1.82) is 0 Å². The minimum Gasteiger partial charge on any atom is -0.422 e. The van der Waals surface area contributed by atoms with Gasteiger partial charge >= 0.3 is 6.01 Å². The summed E-state index contributed by atoms with van der Waals surface area (Å²) in [5.74, 6) is 0.589. The number of aromatic nitrogens is 3. The van der Waals surface area contributed by atoms with Crippen LogP contribution in [0, 0.1) is 3.57 Å². The minimum absolute atomic E-state index is 0.289. The molecule has 5 nitrogen and oxygen atoms in total. The van der Waals surface area contributed by atoms with E-state index in [1.54, 1.807) is 30.7 Å². The maximum absolute atomic E-state index is 5.91. The molecule has 0 spiro atoms. The van der Waals surface area contributed by atoms with Crippen LogP contribution in [-0.2, 0) is 0 Å². The molecule has 3 aromatic rings. The first-order valence-corrected chi connectivity index (χ1v) is 6.60. The number of nitrogens with two attached hydrogens (primary N) is 1. The van der Waals surface area contributed by atoms with Crippen LogP contribution in [-0.4, -0.2) is 15.0 Å². The van der Waals surface area contributed by atoms with E-state index in [-0.39, 0.29) is 6.01 Å². The summed E-state index contributed by atoms with van der Waals surface area (Å²) in [6.45, 7) is 0. The van der Waals surface area contributed by atoms with Gasteiger partial charge in [0.15, 0.2) is 5.75 Å². The van der Waals surface area contributed by atoms with Crippen LogP contribution in [0.25, 0.3) is 10.9 Å². The smallest absolute Gasteiger partial charge is 0.322 e. The maximum atomic E-state index is 5.91. The van der Waals surface area contributed by atoms with Gasteiger partial charge in [-0.15, -0.1) is 0 Å². The van der Waals surface area contributed by atoms with Crippen molar-refractivity contribution < 1.29 is 4.74 Å². The molecule has 0 amide bonds. The number of halogens is 1. The largest absolute Gasteiger partial charge is 0.422 e. The molecule has 0 aliphatic rings. The van der Waals surface area contributed by atoms with E-state index in [0.717, 1.165) is 8.96 Å². The van der Waals surface area contributed by atoms with Crippen molar-refractivity contribution in [3.05, 3.63) is 46.4 Å². The predicted molar refractivity (Wildman–Crippen MR) is 81.0 cm³/mol. The van der Waals surface area contributed by atoms with Gasteiger partial charge in [-0.25, -0.2) is 9.97 Å². The van der Waals surface area contributed by atoms with E-state index in [1.165, 1.54) is 0 Å². The van der Waals surface area contributed by atoms with Gasteiger partial charge in [0, 0.05) is 33.2 Å². The van der Waals surface area contributed by atoms with Crippen molar-refractivity contribution in [1.82, 2.24) is 15.0 Å². The van der Waals surface area contributed by atoms with Gasteiger partial charge in [0.05, 0.1) is 0 Å². The van der Waals surface area contributed by atoms with Crippen LogP contribution >= 0.6 is 22.6 Å². The highest BCUT2D eigenvalue weighted by atomic mass is 127. The van der Waals surface area contributed by atoms with Crippen LogP contribution in [0.4, 0.5) is 5.69 Å². The standard InChI is InChI=1S/C13H9IN4O/c14-8-6-17-13(18-7-8)19-11-4-3-10(15)9-2-1-5-16-12(9)11/h1-7H,15H2. The summed E-state index contributed by atoms with van der Waals surface area (Å²) in [7, 11) is 0. The Morgan fingerprint density at radius 2 is 1.84 bits per heavy atom. The number of hydrogen-bond acceptors (Lipinski definition) is 5. The fraction of sp³-hybridized carbons (Fsp3) is 0. The van der Waals surface area contributed by atoms with E-state index in [1.807, 2.05) is 12.1 Å². The van der Waals surface area contributed by atoms with Crippen LogP contribution in [0.15, 0.2) is 42.9 Å². The zero-order valence-electron chi connectivity index (χ0n) is 9.75. The first-order valence-electron chi connectivity index (χ1n) is 5.52. The van der Waals surface area contributed by atoms with E-state index in [9.17, 15) is 0 Å². The lowest BCUT2D eigenvalue weighted by Gasteiger charge is -2.08. The molecule has 0 unspecified atom stereocenters. The van der Waals surface area contributed by atoms with Gasteiger partial charge in [-0.3, -0.25) is 4.98 Å². The van der Waals surface area contributed by atoms with Gasteiger partial charge in [-0.2, -0.15) is 0 Å². The van der Waals surface area contributed by atoms with Crippen LogP contribution in [0.2, 0.25) is 0 Å². The highest BCUT2D eigenvalue weighted by molar-refractivity contribution is 14.1. The molecule has 3 rings (SSSR count). The Hall–Kier alpha value is -1.96. The molecule has 2 aromatic heterocycles. The molecule has 0 saturated heterocycles. The van der Waals surface area contributed by atoms with Gasteiger partial charge in [0.2, 0.25) is 0 Å². The third-order valence-corrected chi connectivity index (χ3v) is 3.12. The third kappa shape index (κ3) is 2.43. The molecule has 94 valence electrons.